The van der Waals surface area contributed by atoms with E-state index in [4.69, 9.17) is 0 Å². The molecule has 1 saturated heterocycles. The van der Waals surface area contributed by atoms with Gasteiger partial charge in [-0.2, -0.15) is 9.57 Å². The zero-order chi connectivity index (χ0) is 26.6. The van der Waals surface area contributed by atoms with Gasteiger partial charge < -0.3 is 15.5 Å². The van der Waals surface area contributed by atoms with E-state index in [-0.39, 0.29) is 28.3 Å². The lowest BCUT2D eigenvalue weighted by Crippen LogP contribution is -2.53. The number of nitrogens with zero attached hydrogens (tertiary/aromatic N) is 5. The quantitative estimate of drug-likeness (QED) is 0.288. The third kappa shape index (κ3) is 5.80. The number of carbonyl (C=O) groups excluding carboxylic acids is 1. The number of guanidine groups is 1. The average molecular weight is 538 g/mol. The van der Waals surface area contributed by atoms with E-state index in [0.29, 0.717) is 18.2 Å². The van der Waals surface area contributed by atoms with Crippen LogP contribution in [0.15, 0.2) is 63.8 Å². The van der Waals surface area contributed by atoms with Crippen LogP contribution < -0.4 is 10.6 Å². The molecule has 1 atom stereocenters. The van der Waals surface area contributed by atoms with Crippen LogP contribution in [0.25, 0.3) is 0 Å². The summed E-state index contributed by atoms with van der Waals surface area (Å²) in [5.41, 5.74) is 2.95. The van der Waals surface area contributed by atoms with Gasteiger partial charge in [-0.25, -0.2) is 13.4 Å². The highest BCUT2D eigenvalue weighted by Gasteiger charge is 2.40. The number of rotatable bonds is 5. The van der Waals surface area contributed by atoms with Gasteiger partial charge in [0, 0.05) is 32.2 Å². The first kappa shape index (κ1) is 26.3. The first-order chi connectivity index (χ1) is 17.7. The first-order valence-electron chi connectivity index (χ1n) is 11.6. The van der Waals surface area contributed by atoms with E-state index >= 15 is 0 Å². The number of aryl methyl sites for hydroxylation is 2. The molecule has 4 rings (SSSR count). The second-order valence-corrected chi connectivity index (χ2v) is 11.6. The Kier molecular flexibility index (Phi) is 7.87. The molecular weight excluding hydrogens is 510 g/mol. The van der Waals surface area contributed by atoms with E-state index in [9.17, 15) is 18.5 Å². The van der Waals surface area contributed by atoms with Crippen LogP contribution in [0.5, 0.6) is 0 Å². The molecule has 2 aromatic carbocycles. The molecule has 3 aromatic rings. The maximum Gasteiger partial charge on any atom is 0.255 e. The Bertz CT molecular complexity index is 1460. The molecule has 1 unspecified atom stereocenters. The molecule has 0 aliphatic carbocycles. The monoisotopic (exact) mass is 537 g/mol. The van der Waals surface area contributed by atoms with Crippen molar-refractivity contribution < 1.29 is 13.2 Å². The van der Waals surface area contributed by atoms with Gasteiger partial charge in [-0.05, 0) is 31.0 Å². The molecule has 1 amide bonds. The Balaban J connectivity index is 1.68. The molecule has 1 aliphatic rings. The average Bonchev–Trinajstić information content (AvgIpc) is 3.25. The Morgan fingerprint density at radius 1 is 1.11 bits per heavy atom. The number of benzene rings is 2. The number of piperazine rings is 1. The van der Waals surface area contributed by atoms with E-state index in [1.54, 1.807) is 6.92 Å². The summed E-state index contributed by atoms with van der Waals surface area (Å²) in [6.07, 6.45) is 1.86. The van der Waals surface area contributed by atoms with Crippen molar-refractivity contribution in [2.45, 2.75) is 31.0 Å². The summed E-state index contributed by atoms with van der Waals surface area (Å²) in [4.78, 5) is 21.6. The molecule has 10 nitrogen and oxygen atoms in total. The van der Waals surface area contributed by atoms with Gasteiger partial charge >= 0.3 is 0 Å². The maximum atomic E-state index is 13.9. The first-order valence-corrected chi connectivity index (χ1v) is 13.8. The number of hydrogen-bond acceptors (Lipinski definition) is 7. The van der Waals surface area contributed by atoms with Crippen molar-refractivity contribution in [3.05, 3.63) is 71.4 Å². The van der Waals surface area contributed by atoms with E-state index < -0.39 is 16.1 Å². The van der Waals surface area contributed by atoms with Gasteiger partial charge in [0.05, 0.1) is 11.7 Å². The van der Waals surface area contributed by atoms with Gasteiger partial charge in [-0.15, -0.1) is 4.99 Å². The van der Waals surface area contributed by atoms with Gasteiger partial charge in [0.1, 0.15) is 0 Å². The Morgan fingerprint density at radius 3 is 2.49 bits per heavy atom. The molecule has 2 N–H and O–H groups in total. The minimum absolute atomic E-state index is 0.0922. The lowest BCUT2D eigenvalue weighted by molar-refractivity contribution is -0.114. The minimum atomic E-state index is -3.95. The number of thiazole rings is 1. The summed E-state index contributed by atoms with van der Waals surface area (Å²) >= 11 is 0.939. The highest BCUT2D eigenvalue weighted by Crippen LogP contribution is 2.36. The summed E-state index contributed by atoms with van der Waals surface area (Å²) in [5.74, 6) is 0.0376. The summed E-state index contributed by atoms with van der Waals surface area (Å²) < 4.78 is 29.4. The number of amides is 1. The molecule has 37 heavy (non-hydrogen) atoms. The molecule has 1 aromatic heterocycles. The van der Waals surface area contributed by atoms with Crippen LogP contribution in [0.2, 0.25) is 0 Å². The lowest BCUT2D eigenvalue weighted by atomic mass is 10.0. The number of sulfonamides is 1. The topological polar surface area (TPSA) is 131 Å². The molecule has 0 radical (unpaired) electrons. The summed E-state index contributed by atoms with van der Waals surface area (Å²) in [6.45, 7) is 5.68. The third-order valence-corrected chi connectivity index (χ3v) is 9.51. The second-order valence-electron chi connectivity index (χ2n) is 8.54. The van der Waals surface area contributed by atoms with Crippen LogP contribution in [-0.2, 0) is 14.8 Å². The van der Waals surface area contributed by atoms with Crippen molar-refractivity contribution >= 4 is 44.0 Å². The number of para-hydroxylation sites is 1. The van der Waals surface area contributed by atoms with Crippen LogP contribution in [0, 0.1) is 25.3 Å². The molecule has 0 spiro atoms. The van der Waals surface area contributed by atoms with Crippen molar-refractivity contribution in [1.82, 2.24) is 14.2 Å². The largest absolute Gasteiger partial charge is 0.339 e. The molecule has 2 heterocycles. The fourth-order valence-electron chi connectivity index (χ4n) is 4.18. The van der Waals surface area contributed by atoms with Gasteiger partial charge in [0.15, 0.2) is 9.34 Å². The van der Waals surface area contributed by atoms with Gasteiger partial charge in [-0.3, -0.25) is 4.79 Å². The Morgan fingerprint density at radius 2 is 1.81 bits per heavy atom. The minimum Gasteiger partial charge on any atom is -0.339 e. The number of anilines is 2. The van der Waals surface area contributed by atoms with E-state index in [0.717, 1.165) is 28.2 Å². The molecule has 1 fully saturated rings. The smallest absolute Gasteiger partial charge is 0.255 e. The van der Waals surface area contributed by atoms with Crippen LogP contribution in [0.4, 0.5) is 10.8 Å². The van der Waals surface area contributed by atoms with Crippen LogP contribution >= 0.6 is 11.3 Å². The number of aromatic nitrogens is 1. The normalized spacial score (nSPS) is 16.8. The van der Waals surface area contributed by atoms with Crippen molar-refractivity contribution in [2.24, 2.45) is 4.99 Å². The number of aliphatic imine (C=N–C) groups is 1. The zero-order valence-electron chi connectivity index (χ0n) is 20.7. The van der Waals surface area contributed by atoms with Crippen LogP contribution in [0.3, 0.4) is 0 Å². The number of nitriles is 1. The van der Waals surface area contributed by atoms with E-state index in [1.165, 1.54) is 11.2 Å². The summed E-state index contributed by atoms with van der Waals surface area (Å²) in [5, 5.41) is 15.4. The predicted molar refractivity (Wildman–Crippen MR) is 144 cm³/mol. The lowest BCUT2D eigenvalue weighted by Gasteiger charge is -2.41. The molecule has 12 heteroatoms. The van der Waals surface area contributed by atoms with Gasteiger partial charge in [0.25, 0.3) is 10.0 Å². The van der Waals surface area contributed by atoms with E-state index in [2.05, 4.69) is 20.6 Å². The molecule has 1 aliphatic heterocycles. The highest BCUT2D eigenvalue weighted by molar-refractivity contribution is 7.91. The molecule has 0 bridgehead atoms. The molecule has 192 valence electrons. The number of carbonyl (C=O) groups is 1. The Hall–Kier alpha value is -3.79. The van der Waals surface area contributed by atoms with Crippen molar-refractivity contribution in [3.8, 4) is 6.19 Å². The maximum absolute atomic E-state index is 13.9. The highest BCUT2D eigenvalue weighted by atomic mass is 32.2. The summed E-state index contributed by atoms with van der Waals surface area (Å²) in [6, 6.07) is 16.5. The zero-order valence-corrected chi connectivity index (χ0v) is 22.3. The van der Waals surface area contributed by atoms with Crippen LogP contribution in [0.1, 0.15) is 29.8 Å². The van der Waals surface area contributed by atoms with Gasteiger partial charge in [0.2, 0.25) is 18.1 Å². The fourth-order valence-corrected chi connectivity index (χ4v) is 7.35. The van der Waals surface area contributed by atoms with Crippen molar-refractivity contribution in [1.29, 1.82) is 5.26 Å². The predicted octanol–water partition coefficient (Wildman–Crippen LogP) is 3.72. The van der Waals surface area contributed by atoms with Crippen molar-refractivity contribution in [2.75, 3.05) is 30.3 Å². The second kappa shape index (κ2) is 11.1. The third-order valence-electron chi connectivity index (χ3n) is 5.94. The fraction of sp³-hybridized carbons (Fsp3) is 0.280. The SMILES string of the molecule is CC(=O)Nc1nc(C)c(S(=O)(=O)N2CCN(/C(=N\C#N)Nc3ccccc3C)CC2c2ccccc2)s1. The summed E-state index contributed by atoms with van der Waals surface area (Å²) in [7, 11) is -3.95. The standard InChI is InChI=1S/C25H27N7O3S2/c1-17-9-7-8-12-21(17)30-24(27-16-26)31-13-14-32(22(15-31)20-10-5-4-6-11-20)37(34,35)23-18(2)28-25(36-23)29-19(3)33/h4-12,22H,13-15H2,1-3H3,(H,27,30)(H,28,29,33). The van der Waals surface area contributed by atoms with Crippen LogP contribution in [-0.4, -0.2) is 54.1 Å². The van der Waals surface area contributed by atoms with Gasteiger partial charge in [-0.1, -0.05) is 59.9 Å². The molecular formula is C25H27N7O3S2. The molecule has 0 saturated carbocycles. The Labute approximate surface area is 220 Å². The number of nitrogens with one attached hydrogen (secondary N) is 2. The van der Waals surface area contributed by atoms with E-state index in [1.807, 2.05) is 72.6 Å². The number of hydrogen-bond donors (Lipinski definition) is 2. The van der Waals surface area contributed by atoms with Crippen molar-refractivity contribution in [3.63, 3.8) is 0 Å².